The summed E-state index contributed by atoms with van der Waals surface area (Å²) >= 11 is 1.23. The van der Waals surface area contributed by atoms with Gasteiger partial charge in [0.15, 0.2) is 5.13 Å². The number of hydrogen-bond acceptors (Lipinski definition) is 5. The van der Waals surface area contributed by atoms with Crippen LogP contribution in [0.3, 0.4) is 0 Å². The Balaban J connectivity index is 1.90. The summed E-state index contributed by atoms with van der Waals surface area (Å²) in [6, 6.07) is 11.9. The van der Waals surface area contributed by atoms with Crippen molar-refractivity contribution in [3.05, 3.63) is 88.2 Å². The molecule has 1 N–H and O–H groups in total. The van der Waals surface area contributed by atoms with Crippen molar-refractivity contribution < 1.29 is 19.1 Å². The lowest BCUT2D eigenvalue weighted by Crippen LogP contribution is -2.29. The van der Waals surface area contributed by atoms with Crippen molar-refractivity contribution in [3.63, 3.8) is 0 Å². The molecule has 2 aromatic carbocycles. The van der Waals surface area contributed by atoms with Crippen molar-refractivity contribution in [2.24, 2.45) is 0 Å². The van der Waals surface area contributed by atoms with Gasteiger partial charge >= 0.3 is 5.91 Å². The maximum Gasteiger partial charge on any atom is 0.301 e. The van der Waals surface area contributed by atoms with E-state index in [0.717, 1.165) is 5.56 Å². The van der Waals surface area contributed by atoms with Crippen LogP contribution in [0.4, 0.5) is 9.52 Å². The van der Waals surface area contributed by atoms with Crippen molar-refractivity contribution in [1.29, 1.82) is 0 Å². The molecule has 0 aliphatic carbocycles. The fraction of sp³-hybridized carbons (Fsp3) is 0.208. The molecule has 1 atom stereocenters. The van der Waals surface area contributed by atoms with E-state index in [1.807, 2.05) is 24.3 Å². The van der Waals surface area contributed by atoms with Crippen LogP contribution in [0.1, 0.15) is 43.5 Å². The largest absolute Gasteiger partial charge is 0.507 e. The molecule has 0 saturated carbocycles. The lowest BCUT2D eigenvalue weighted by molar-refractivity contribution is -0.132. The fourth-order valence-electron chi connectivity index (χ4n) is 3.61. The van der Waals surface area contributed by atoms with E-state index >= 15 is 0 Å². The van der Waals surface area contributed by atoms with Gasteiger partial charge in [-0.1, -0.05) is 45.0 Å². The molecule has 0 unspecified atom stereocenters. The molecule has 1 fully saturated rings. The molecule has 158 valence electrons. The number of halogens is 1. The number of rotatable bonds is 3. The summed E-state index contributed by atoms with van der Waals surface area (Å²) in [6.07, 6.45) is 1.55. The smallest absolute Gasteiger partial charge is 0.301 e. The average molecular weight is 437 g/mol. The second-order valence-electron chi connectivity index (χ2n) is 8.36. The highest BCUT2D eigenvalue weighted by molar-refractivity contribution is 7.14. The molecule has 3 aromatic rings. The monoisotopic (exact) mass is 436 g/mol. The van der Waals surface area contributed by atoms with Crippen LogP contribution in [0.5, 0.6) is 0 Å². The van der Waals surface area contributed by atoms with Crippen LogP contribution in [0, 0.1) is 5.82 Å². The number of amides is 1. The van der Waals surface area contributed by atoms with Crippen molar-refractivity contribution in [2.45, 2.75) is 32.2 Å². The van der Waals surface area contributed by atoms with Gasteiger partial charge in [-0.25, -0.2) is 9.37 Å². The number of thiazole rings is 1. The number of ketones is 1. The number of benzene rings is 2. The molecule has 0 bridgehead atoms. The molecule has 1 saturated heterocycles. The summed E-state index contributed by atoms with van der Waals surface area (Å²) in [4.78, 5) is 31.5. The van der Waals surface area contributed by atoms with Gasteiger partial charge in [0.25, 0.3) is 5.78 Å². The minimum atomic E-state index is -0.842. The van der Waals surface area contributed by atoms with Gasteiger partial charge in [0.1, 0.15) is 11.6 Å². The number of nitrogens with zero attached hydrogens (tertiary/aromatic N) is 2. The predicted octanol–water partition coefficient (Wildman–Crippen LogP) is 5.21. The summed E-state index contributed by atoms with van der Waals surface area (Å²) in [5, 5.41) is 13.1. The third kappa shape index (κ3) is 3.77. The van der Waals surface area contributed by atoms with Gasteiger partial charge in [-0.2, -0.15) is 0 Å². The average Bonchev–Trinajstić information content (AvgIpc) is 3.34. The van der Waals surface area contributed by atoms with Gasteiger partial charge < -0.3 is 5.11 Å². The van der Waals surface area contributed by atoms with E-state index in [-0.39, 0.29) is 22.3 Å². The zero-order valence-electron chi connectivity index (χ0n) is 17.3. The van der Waals surface area contributed by atoms with Crippen molar-refractivity contribution >= 4 is 33.9 Å². The lowest BCUT2D eigenvalue weighted by atomic mass is 9.85. The SMILES string of the molecule is CC(C)(C)c1ccc([C@H]2C(=C(O)c3ccc(F)cc3)C(=O)C(=O)N2c2nccs2)cc1. The third-order valence-corrected chi connectivity index (χ3v) is 6.05. The standard InChI is InChI=1S/C24H21FN2O3S/c1-24(2,3)16-8-4-14(5-9-16)19-18(20(28)15-6-10-17(25)11-7-15)21(29)22(30)27(19)23-26-12-13-31-23/h4-13,19,28H,1-3H3/t19-/m0/s1. The lowest BCUT2D eigenvalue weighted by Gasteiger charge is -2.24. The Morgan fingerprint density at radius 1 is 1.06 bits per heavy atom. The van der Waals surface area contributed by atoms with E-state index < -0.39 is 23.5 Å². The molecule has 5 nitrogen and oxygen atoms in total. The minimum absolute atomic E-state index is 0.0460. The zero-order valence-corrected chi connectivity index (χ0v) is 18.1. The Bertz CT molecular complexity index is 1160. The van der Waals surface area contributed by atoms with Gasteiger partial charge in [0, 0.05) is 17.1 Å². The molecular weight excluding hydrogens is 415 g/mol. The Hall–Kier alpha value is -3.32. The highest BCUT2D eigenvalue weighted by Gasteiger charge is 2.48. The molecule has 1 aliphatic rings. The first-order valence-electron chi connectivity index (χ1n) is 9.75. The Morgan fingerprint density at radius 3 is 2.26 bits per heavy atom. The first-order valence-corrected chi connectivity index (χ1v) is 10.6. The molecule has 1 aliphatic heterocycles. The van der Waals surface area contributed by atoms with E-state index in [1.165, 1.54) is 40.5 Å². The number of carbonyl (C=O) groups is 2. The summed E-state index contributed by atoms with van der Waals surface area (Å²) in [7, 11) is 0. The quantitative estimate of drug-likeness (QED) is 0.348. The predicted molar refractivity (Wildman–Crippen MR) is 118 cm³/mol. The third-order valence-electron chi connectivity index (χ3n) is 5.28. The molecule has 4 rings (SSSR count). The van der Waals surface area contributed by atoms with Gasteiger partial charge in [0.2, 0.25) is 0 Å². The number of hydrogen-bond donors (Lipinski definition) is 1. The van der Waals surface area contributed by atoms with Crippen LogP contribution in [-0.4, -0.2) is 21.8 Å². The summed E-state index contributed by atoms with van der Waals surface area (Å²) < 4.78 is 13.4. The van der Waals surface area contributed by atoms with E-state index in [1.54, 1.807) is 11.6 Å². The second kappa shape index (κ2) is 7.74. The van der Waals surface area contributed by atoms with Crippen LogP contribution in [0.2, 0.25) is 0 Å². The first-order chi connectivity index (χ1) is 14.7. The molecule has 31 heavy (non-hydrogen) atoms. The van der Waals surface area contributed by atoms with Crippen LogP contribution in [-0.2, 0) is 15.0 Å². The summed E-state index contributed by atoms with van der Waals surface area (Å²) in [5.74, 6) is -2.37. The van der Waals surface area contributed by atoms with Crippen LogP contribution >= 0.6 is 11.3 Å². The summed E-state index contributed by atoms with van der Waals surface area (Å²) in [5.41, 5.74) is 1.92. The van der Waals surface area contributed by atoms with Crippen LogP contribution in [0.15, 0.2) is 65.7 Å². The van der Waals surface area contributed by atoms with E-state index in [4.69, 9.17) is 0 Å². The molecule has 2 heterocycles. The van der Waals surface area contributed by atoms with Crippen molar-refractivity contribution in [2.75, 3.05) is 4.90 Å². The number of aliphatic hydroxyl groups excluding tert-OH is 1. The van der Waals surface area contributed by atoms with E-state index in [0.29, 0.717) is 10.7 Å². The molecule has 1 amide bonds. The molecule has 1 aromatic heterocycles. The maximum atomic E-state index is 13.4. The van der Waals surface area contributed by atoms with Crippen LogP contribution in [0.25, 0.3) is 5.76 Å². The Labute approximate surface area is 183 Å². The molecule has 7 heteroatoms. The number of aromatic nitrogens is 1. The van der Waals surface area contributed by atoms with E-state index in [2.05, 4.69) is 25.8 Å². The van der Waals surface area contributed by atoms with Gasteiger partial charge in [-0.15, -0.1) is 11.3 Å². The Kier molecular flexibility index (Phi) is 5.23. The molecule has 0 spiro atoms. The molecule has 0 radical (unpaired) electrons. The van der Waals surface area contributed by atoms with Crippen molar-refractivity contribution in [3.8, 4) is 0 Å². The van der Waals surface area contributed by atoms with Gasteiger partial charge in [0.05, 0.1) is 11.6 Å². The minimum Gasteiger partial charge on any atom is -0.507 e. The number of aliphatic hydroxyl groups is 1. The zero-order chi connectivity index (χ0) is 22.3. The fourth-order valence-corrected chi connectivity index (χ4v) is 4.28. The molecular formula is C24H21FN2O3S. The highest BCUT2D eigenvalue weighted by atomic mass is 32.1. The first kappa shape index (κ1) is 20.9. The summed E-state index contributed by atoms with van der Waals surface area (Å²) in [6.45, 7) is 6.29. The van der Waals surface area contributed by atoms with Gasteiger partial charge in [-0.3, -0.25) is 14.5 Å². The van der Waals surface area contributed by atoms with Crippen LogP contribution < -0.4 is 4.90 Å². The number of anilines is 1. The normalized spacial score (nSPS) is 18.6. The van der Waals surface area contributed by atoms with E-state index in [9.17, 15) is 19.1 Å². The van der Waals surface area contributed by atoms with Crippen molar-refractivity contribution in [1.82, 2.24) is 4.98 Å². The second-order valence-corrected chi connectivity index (χ2v) is 9.24. The van der Waals surface area contributed by atoms with Gasteiger partial charge in [-0.05, 0) is 40.8 Å². The highest BCUT2D eigenvalue weighted by Crippen LogP contribution is 2.43. The Morgan fingerprint density at radius 2 is 1.71 bits per heavy atom. The number of carbonyl (C=O) groups excluding carboxylic acids is 2. The topological polar surface area (TPSA) is 70.5 Å². The maximum absolute atomic E-state index is 13.4. The number of Topliss-reactive ketones (excluding diaryl/α,β-unsaturated/α-hetero) is 1.